The van der Waals surface area contributed by atoms with E-state index in [1.165, 1.54) is 24.3 Å². The molecule has 146 valence electrons. The van der Waals surface area contributed by atoms with Crippen molar-refractivity contribution >= 4 is 39.4 Å². The molecule has 0 unspecified atom stereocenters. The predicted octanol–water partition coefficient (Wildman–Crippen LogP) is 1.89. The van der Waals surface area contributed by atoms with Crippen LogP contribution in [-0.2, 0) is 19.7 Å². The molecule has 0 aliphatic carbocycles. The van der Waals surface area contributed by atoms with Crippen molar-refractivity contribution in [2.45, 2.75) is 4.90 Å². The monoisotopic (exact) mass is 424 g/mol. The highest BCUT2D eigenvalue weighted by molar-refractivity contribution is 7.89. The molecule has 2 amide bonds. The maximum Gasteiger partial charge on any atom is 0.363 e. The van der Waals surface area contributed by atoms with Crippen LogP contribution in [0.15, 0.2) is 47.4 Å². The van der Waals surface area contributed by atoms with E-state index in [9.17, 15) is 22.8 Å². The number of nitrogens with zero attached hydrogens (tertiary/aromatic N) is 2. The Labute approximate surface area is 165 Å². The predicted molar refractivity (Wildman–Crippen MR) is 95.8 cm³/mol. The zero-order valence-electron chi connectivity index (χ0n) is 14.6. The first kappa shape index (κ1) is 20.0. The highest BCUT2D eigenvalue weighted by Crippen LogP contribution is 2.27. The van der Waals surface area contributed by atoms with Gasteiger partial charge in [0, 0.05) is 7.05 Å². The number of imide groups is 1. The van der Waals surface area contributed by atoms with Crippen LogP contribution in [0.2, 0.25) is 5.02 Å². The molecule has 9 nitrogen and oxygen atoms in total. The Morgan fingerprint density at radius 1 is 1.07 bits per heavy atom. The third-order valence-electron chi connectivity index (χ3n) is 3.97. The normalized spacial score (nSPS) is 13.8. The van der Waals surface area contributed by atoms with E-state index in [4.69, 9.17) is 16.4 Å². The SMILES string of the molecule is CON(C)S(=O)(=O)c1cc(C(=O)ON2C(=O)c3ccccc3C2=O)ccc1Cl. The lowest BCUT2D eigenvalue weighted by atomic mass is 10.1. The van der Waals surface area contributed by atoms with Gasteiger partial charge in [-0.15, -0.1) is 0 Å². The Hall–Kier alpha value is -2.79. The molecule has 3 rings (SSSR count). The number of hydrogen-bond acceptors (Lipinski definition) is 7. The van der Waals surface area contributed by atoms with Crippen LogP contribution in [0.1, 0.15) is 31.1 Å². The average molecular weight is 425 g/mol. The lowest BCUT2D eigenvalue weighted by Gasteiger charge is -2.16. The number of carbonyl (C=O) groups excluding carboxylic acids is 3. The molecule has 0 saturated heterocycles. The second kappa shape index (κ2) is 7.32. The summed E-state index contributed by atoms with van der Waals surface area (Å²) in [5, 5.41) is 0.179. The summed E-state index contributed by atoms with van der Waals surface area (Å²) in [5.74, 6) is -2.70. The van der Waals surface area contributed by atoms with Gasteiger partial charge in [0.2, 0.25) is 0 Å². The van der Waals surface area contributed by atoms with Gasteiger partial charge in [-0.1, -0.05) is 33.3 Å². The zero-order chi connectivity index (χ0) is 20.6. The van der Waals surface area contributed by atoms with Crippen molar-refractivity contribution in [1.29, 1.82) is 0 Å². The van der Waals surface area contributed by atoms with Crippen molar-refractivity contribution < 1.29 is 32.5 Å². The number of rotatable bonds is 5. The molecule has 0 bridgehead atoms. The number of hydrogen-bond donors (Lipinski definition) is 0. The van der Waals surface area contributed by atoms with Crippen molar-refractivity contribution in [1.82, 2.24) is 9.53 Å². The van der Waals surface area contributed by atoms with Gasteiger partial charge in [0.05, 0.1) is 28.8 Å². The molecule has 1 aliphatic heterocycles. The van der Waals surface area contributed by atoms with Gasteiger partial charge in [0.15, 0.2) is 0 Å². The molecular formula is C17H13ClN2O7S. The number of halogens is 1. The molecule has 0 atom stereocenters. The quantitative estimate of drug-likeness (QED) is 0.532. The molecule has 2 aromatic carbocycles. The molecule has 0 saturated carbocycles. The van der Waals surface area contributed by atoms with Crippen LogP contribution in [0.25, 0.3) is 0 Å². The van der Waals surface area contributed by atoms with Gasteiger partial charge in [-0.3, -0.25) is 14.4 Å². The third-order valence-corrected chi connectivity index (χ3v) is 6.13. The Balaban J connectivity index is 1.90. The summed E-state index contributed by atoms with van der Waals surface area (Å²) in [5.41, 5.74) is -0.0354. The third kappa shape index (κ3) is 3.27. The smallest absolute Gasteiger partial charge is 0.324 e. The molecule has 11 heteroatoms. The summed E-state index contributed by atoms with van der Waals surface area (Å²) in [6, 6.07) is 9.34. The number of benzene rings is 2. The standard InChI is InChI=1S/C17H13ClN2O7S/c1-19(26-2)28(24,25)14-9-10(7-8-13(14)18)17(23)27-20-15(21)11-5-3-4-6-12(11)16(20)22/h3-9H,1-2H3. The summed E-state index contributed by atoms with van der Waals surface area (Å²) >= 11 is 5.93. The Morgan fingerprint density at radius 2 is 1.64 bits per heavy atom. The Morgan fingerprint density at radius 3 is 2.18 bits per heavy atom. The van der Waals surface area contributed by atoms with Crippen LogP contribution in [0.3, 0.4) is 0 Å². The van der Waals surface area contributed by atoms with Gasteiger partial charge in [-0.25, -0.2) is 13.2 Å². The minimum absolute atomic E-state index is 0.0985. The fourth-order valence-electron chi connectivity index (χ4n) is 2.45. The topological polar surface area (TPSA) is 110 Å². The first-order chi connectivity index (χ1) is 13.2. The molecule has 28 heavy (non-hydrogen) atoms. The van der Waals surface area contributed by atoms with Crippen molar-refractivity contribution in [3.8, 4) is 0 Å². The average Bonchev–Trinajstić information content (AvgIpc) is 2.92. The maximum absolute atomic E-state index is 12.4. The van der Waals surface area contributed by atoms with E-state index in [2.05, 4.69) is 4.84 Å². The Kier molecular flexibility index (Phi) is 5.22. The highest BCUT2D eigenvalue weighted by atomic mass is 35.5. The second-order valence-corrected chi connectivity index (χ2v) is 7.88. The number of carbonyl (C=O) groups is 3. The zero-order valence-corrected chi connectivity index (χ0v) is 16.2. The van der Waals surface area contributed by atoms with Crippen molar-refractivity contribution in [2.75, 3.05) is 14.2 Å². The molecule has 1 heterocycles. The van der Waals surface area contributed by atoms with E-state index in [0.29, 0.717) is 9.53 Å². The van der Waals surface area contributed by atoms with Gasteiger partial charge < -0.3 is 4.84 Å². The van der Waals surface area contributed by atoms with Crippen LogP contribution < -0.4 is 0 Å². The summed E-state index contributed by atoms with van der Waals surface area (Å²) < 4.78 is 25.4. The van der Waals surface area contributed by atoms with Gasteiger partial charge >= 0.3 is 5.97 Å². The summed E-state index contributed by atoms with van der Waals surface area (Å²) in [6.45, 7) is 0. The molecular weight excluding hydrogens is 412 g/mol. The molecule has 0 fully saturated rings. The number of fused-ring (bicyclic) bond motifs is 1. The minimum atomic E-state index is -4.14. The van der Waals surface area contributed by atoms with Crippen molar-refractivity contribution in [2.24, 2.45) is 0 Å². The van der Waals surface area contributed by atoms with E-state index in [1.807, 2.05) is 0 Å². The van der Waals surface area contributed by atoms with Gasteiger partial charge in [0.1, 0.15) is 4.90 Å². The second-order valence-electron chi connectivity index (χ2n) is 5.57. The number of amides is 2. The molecule has 0 radical (unpaired) electrons. The van der Waals surface area contributed by atoms with Crippen LogP contribution in [0.5, 0.6) is 0 Å². The number of hydroxylamine groups is 3. The lowest BCUT2D eigenvalue weighted by molar-refractivity contribution is -0.0584. The minimum Gasteiger partial charge on any atom is -0.324 e. The fraction of sp³-hybridized carbons (Fsp3) is 0.118. The van der Waals surface area contributed by atoms with Gasteiger partial charge in [0.25, 0.3) is 21.8 Å². The van der Waals surface area contributed by atoms with Gasteiger partial charge in [-0.05, 0) is 30.3 Å². The van der Waals surface area contributed by atoms with E-state index in [-0.39, 0.29) is 21.7 Å². The summed E-state index contributed by atoms with van der Waals surface area (Å²) in [4.78, 5) is 46.1. The first-order valence-electron chi connectivity index (χ1n) is 7.71. The van der Waals surface area contributed by atoms with Crippen LogP contribution >= 0.6 is 11.6 Å². The van der Waals surface area contributed by atoms with E-state index in [1.54, 1.807) is 12.1 Å². The van der Waals surface area contributed by atoms with Crippen LogP contribution in [0.4, 0.5) is 0 Å². The van der Waals surface area contributed by atoms with Crippen LogP contribution in [0, 0.1) is 0 Å². The molecule has 0 aromatic heterocycles. The number of sulfonamides is 1. The molecule has 2 aromatic rings. The highest BCUT2D eigenvalue weighted by Gasteiger charge is 2.39. The van der Waals surface area contributed by atoms with Gasteiger partial charge in [-0.2, -0.15) is 0 Å². The summed E-state index contributed by atoms with van der Waals surface area (Å²) in [6.07, 6.45) is 0. The van der Waals surface area contributed by atoms with Crippen molar-refractivity contribution in [3.63, 3.8) is 0 Å². The van der Waals surface area contributed by atoms with Crippen LogP contribution in [-0.4, -0.2) is 49.9 Å². The molecule has 1 aliphatic rings. The molecule has 0 N–H and O–H groups in total. The summed E-state index contributed by atoms with van der Waals surface area (Å²) in [7, 11) is -1.85. The van der Waals surface area contributed by atoms with E-state index < -0.39 is 32.7 Å². The largest absolute Gasteiger partial charge is 0.363 e. The van der Waals surface area contributed by atoms with E-state index >= 15 is 0 Å². The fourth-order valence-corrected chi connectivity index (χ4v) is 3.92. The molecule has 0 spiro atoms. The lowest BCUT2D eigenvalue weighted by Crippen LogP contribution is -2.32. The first-order valence-corrected chi connectivity index (χ1v) is 9.53. The Bertz CT molecular complexity index is 1070. The maximum atomic E-state index is 12.4. The van der Waals surface area contributed by atoms with Crippen molar-refractivity contribution in [3.05, 3.63) is 64.2 Å². The van der Waals surface area contributed by atoms with E-state index in [0.717, 1.165) is 20.2 Å².